The number of rotatable bonds is 6. The molecule has 27 heavy (non-hydrogen) atoms. The summed E-state index contributed by atoms with van der Waals surface area (Å²) in [7, 11) is 0. The maximum absolute atomic E-state index is 13.8. The van der Waals surface area contributed by atoms with Gasteiger partial charge in [0.15, 0.2) is 5.82 Å². The maximum atomic E-state index is 13.8. The molecule has 2 aromatic heterocycles. The summed E-state index contributed by atoms with van der Waals surface area (Å²) < 4.78 is 16.5. The summed E-state index contributed by atoms with van der Waals surface area (Å²) in [6.07, 6.45) is 1.36. The number of nitrogens with one attached hydrogen (secondary N) is 1. The second kappa shape index (κ2) is 7.40. The molecule has 1 unspecified atom stereocenters. The van der Waals surface area contributed by atoms with Crippen LogP contribution in [0, 0.1) is 12.7 Å². The number of hydrogen-bond acceptors (Lipinski definition) is 4. The van der Waals surface area contributed by atoms with Crippen molar-refractivity contribution in [3.05, 3.63) is 65.4 Å². The number of benzene rings is 1. The molecule has 0 spiro atoms. The topological polar surface area (TPSA) is 102 Å². The molecule has 1 aromatic carbocycles. The van der Waals surface area contributed by atoms with Crippen molar-refractivity contribution in [1.82, 2.24) is 19.6 Å². The average molecular weight is 371 g/mol. The van der Waals surface area contributed by atoms with Gasteiger partial charge in [-0.15, -0.1) is 0 Å². The van der Waals surface area contributed by atoms with E-state index in [0.717, 1.165) is 10.4 Å². The summed E-state index contributed by atoms with van der Waals surface area (Å²) in [5.74, 6) is -1.68. The minimum absolute atomic E-state index is 0.103. The SMILES string of the molecule is Cc1cc(NC(=O)c2ccnn2C(C)C(=O)O)nn1Cc1ccccc1F. The molecule has 2 heterocycles. The Morgan fingerprint density at radius 2 is 2.04 bits per heavy atom. The summed E-state index contributed by atoms with van der Waals surface area (Å²) >= 11 is 0. The van der Waals surface area contributed by atoms with Crippen molar-refractivity contribution in [2.24, 2.45) is 0 Å². The van der Waals surface area contributed by atoms with Gasteiger partial charge in [0, 0.05) is 23.5 Å². The number of aryl methyl sites for hydroxylation is 1. The number of carboxylic acids is 1. The standard InChI is InChI=1S/C18H18FN5O3/c1-11-9-16(22-23(11)10-13-5-3-4-6-14(13)19)21-17(25)15-7-8-20-24(15)12(2)18(26)27/h3-9,12H,10H2,1-2H3,(H,26,27)(H,21,22,25). The summed E-state index contributed by atoms with van der Waals surface area (Å²) in [5, 5.41) is 19.9. The zero-order chi connectivity index (χ0) is 19.6. The molecular weight excluding hydrogens is 353 g/mol. The molecule has 0 fully saturated rings. The molecular formula is C18H18FN5O3. The van der Waals surface area contributed by atoms with Crippen molar-refractivity contribution in [3.8, 4) is 0 Å². The van der Waals surface area contributed by atoms with Gasteiger partial charge in [-0.2, -0.15) is 10.2 Å². The number of aromatic nitrogens is 4. The first-order chi connectivity index (χ1) is 12.9. The Labute approximate surface area is 154 Å². The highest BCUT2D eigenvalue weighted by Gasteiger charge is 2.21. The molecule has 1 atom stereocenters. The largest absolute Gasteiger partial charge is 0.480 e. The van der Waals surface area contributed by atoms with Crippen LogP contribution in [-0.2, 0) is 11.3 Å². The lowest BCUT2D eigenvalue weighted by molar-refractivity contribution is -0.140. The molecule has 9 heteroatoms. The molecule has 1 amide bonds. The average Bonchev–Trinajstić information content (AvgIpc) is 3.23. The number of halogens is 1. The van der Waals surface area contributed by atoms with Gasteiger partial charge in [0.1, 0.15) is 17.6 Å². The lowest BCUT2D eigenvalue weighted by Gasteiger charge is -2.10. The Morgan fingerprint density at radius 1 is 1.30 bits per heavy atom. The molecule has 0 aliphatic heterocycles. The molecule has 3 aromatic rings. The third kappa shape index (κ3) is 3.86. The molecule has 8 nitrogen and oxygen atoms in total. The highest BCUT2D eigenvalue weighted by molar-refractivity contribution is 6.02. The quantitative estimate of drug-likeness (QED) is 0.693. The van der Waals surface area contributed by atoms with Crippen molar-refractivity contribution in [2.75, 3.05) is 5.32 Å². The van der Waals surface area contributed by atoms with Gasteiger partial charge in [-0.05, 0) is 26.0 Å². The highest BCUT2D eigenvalue weighted by Crippen LogP contribution is 2.15. The van der Waals surface area contributed by atoms with Crippen LogP contribution in [0.3, 0.4) is 0 Å². The van der Waals surface area contributed by atoms with E-state index in [1.165, 1.54) is 25.3 Å². The zero-order valence-corrected chi connectivity index (χ0v) is 14.8. The first-order valence-corrected chi connectivity index (χ1v) is 8.22. The number of carbonyl (C=O) groups is 2. The van der Waals surface area contributed by atoms with Crippen LogP contribution < -0.4 is 5.32 Å². The minimum atomic E-state index is -1.10. The molecule has 0 aliphatic carbocycles. The van der Waals surface area contributed by atoms with E-state index < -0.39 is 17.9 Å². The first kappa shape index (κ1) is 18.3. The van der Waals surface area contributed by atoms with E-state index in [1.807, 2.05) is 0 Å². The molecule has 0 saturated carbocycles. The third-order valence-electron chi connectivity index (χ3n) is 4.13. The van der Waals surface area contributed by atoms with E-state index in [4.69, 9.17) is 5.11 Å². The van der Waals surface area contributed by atoms with Crippen LogP contribution >= 0.6 is 0 Å². The molecule has 0 bridgehead atoms. The van der Waals surface area contributed by atoms with Gasteiger partial charge < -0.3 is 10.4 Å². The normalized spacial score (nSPS) is 12.0. The van der Waals surface area contributed by atoms with E-state index in [0.29, 0.717) is 5.56 Å². The van der Waals surface area contributed by atoms with Crippen LogP contribution in [0.5, 0.6) is 0 Å². The van der Waals surface area contributed by atoms with Gasteiger partial charge in [0.2, 0.25) is 0 Å². The predicted molar refractivity (Wildman–Crippen MR) is 95.0 cm³/mol. The fraction of sp³-hybridized carbons (Fsp3) is 0.222. The number of hydrogen-bond donors (Lipinski definition) is 2. The van der Waals surface area contributed by atoms with Crippen LogP contribution in [0.25, 0.3) is 0 Å². The van der Waals surface area contributed by atoms with Crippen molar-refractivity contribution < 1.29 is 19.1 Å². The van der Waals surface area contributed by atoms with Crippen molar-refractivity contribution in [3.63, 3.8) is 0 Å². The van der Waals surface area contributed by atoms with Crippen LogP contribution in [0.15, 0.2) is 42.6 Å². The predicted octanol–water partition coefficient (Wildman–Crippen LogP) is 2.47. The van der Waals surface area contributed by atoms with Gasteiger partial charge in [0.05, 0.1) is 6.54 Å². The molecule has 2 N–H and O–H groups in total. The highest BCUT2D eigenvalue weighted by atomic mass is 19.1. The fourth-order valence-electron chi connectivity index (χ4n) is 2.61. The number of aliphatic carboxylic acids is 1. The smallest absolute Gasteiger partial charge is 0.328 e. The Morgan fingerprint density at radius 3 is 2.74 bits per heavy atom. The van der Waals surface area contributed by atoms with Gasteiger partial charge in [0.25, 0.3) is 5.91 Å². The second-order valence-electron chi connectivity index (χ2n) is 6.05. The Balaban J connectivity index is 1.78. The van der Waals surface area contributed by atoms with Gasteiger partial charge in [-0.1, -0.05) is 18.2 Å². The number of carbonyl (C=O) groups excluding carboxylic acids is 1. The number of amides is 1. The molecule has 0 radical (unpaired) electrons. The Kier molecular flexibility index (Phi) is 5.02. The summed E-state index contributed by atoms with van der Waals surface area (Å²) in [6, 6.07) is 8.49. The fourth-order valence-corrected chi connectivity index (χ4v) is 2.61. The van der Waals surface area contributed by atoms with E-state index in [9.17, 15) is 14.0 Å². The molecule has 3 rings (SSSR count). The van der Waals surface area contributed by atoms with E-state index >= 15 is 0 Å². The third-order valence-corrected chi connectivity index (χ3v) is 4.13. The van der Waals surface area contributed by atoms with Gasteiger partial charge >= 0.3 is 5.97 Å². The van der Waals surface area contributed by atoms with Gasteiger partial charge in [-0.3, -0.25) is 9.48 Å². The van der Waals surface area contributed by atoms with Crippen LogP contribution in [-0.4, -0.2) is 36.5 Å². The first-order valence-electron chi connectivity index (χ1n) is 8.22. The van der Waals surface area contributed by atoms with Crippen molar-refractivity contribution in [1.29, 1.82) is 0 Å². The van der Waals surface area contributed by atoms with Gasteiger partial charge in [-0.25, -0.2) is 13.9 Å². The van der Waals surface area contributed by atoms with E-state index in [2.05, 4.69) is 15.5 Å². The maximum Gasteiger partial charge on any atom is 0.328 e. The molecule has 0 aliphatic rings. The number of carboxylic acid groups (broad SMARTS) is 1. The minimum Gasteiger partial charge on any atom is -0.480 e. The Hall–Kier alpha value is -3.49. The number of nitrogens with zero attached hydrogens (tertiary/aromatic N) is 4. The monoisotopic (exact) mass is 371 g/mol. The lowest BCUT2D eigenvalue weighted by atomic mass is 10.2. The van der Waals surface area contributed by atoms with Crippen LogP contribution in [0.1, 0.15) is 34.7 Å². The van der Waals surface area contributed by atoms with E-state index in [1.54, 1.807) is 35.9 Å². The Bertz CT molecular complexity index is 995. The molecule has 140 valence electrons. The van der Waals surface area contributed by atoms with Crippen LogP contribution in [0.4, 0.5) is 10.2 Å². The lowest BCUT2D eigenvalue weighted by Crippen LogP contribution is -2.24. The van der Waals surface area contributed by atoms with E-state index in [-0.39, 0.29) is 23.9 Å². The zero-order valence-electron chi connectivity index (χ0n) is 14.8. The molecule has 0 saturated heterocycles. The second-order valence-corrected chi connectivity index (χ2v) is 6.05. The summed E-state index contributed by atoms with van der Waals surface area (Å²) in [6.45, 7) is 3.45. The van der Waals surface area contributed by atoms with Crippen LogP contribution in [0.2, 0.25) is 0 Å². The number of anilines is 1. The van der Waals surface area contributed by atoms with Crippen molar-refractivity contribution >= 4 is 17.7 Å². The van der Waals surface area contributed by atoms with Crippen molar-refractivity contribution in [2.45, 2.75) is 26.4 Å². The summed E-state index contributed by atoms with van der Waals surface area (Å²) in [5.41, 5.74) is 1.32. The summed E-state index contributed by atoms with van der Waals surface area (Å²) in [4.78, 5) is 23.6.